The summed E-state index contributed by atoms with van der Waals surface area (Å²) in [6.07, 6.45) is 9.39. The van der Waals surface area contributed by atoms with Gasteiger partial charge >= 0.3 is 0 Å². The van der Waals surface area contributed by atoms with Crippen LogP contribution in [0.3, 0.4) is 0 Å². The Morgan fingerprint density at radius 1 is 1.40 bits per heavy atom. The van der Waals surface area contributed by atoms with Crippen LogP contribution in [-0.2, 0) is 0 Å². The highest BCUT2D eigenvalue weighted by Crippen LogP contribution is 2.33. The summed E-state index contributed by atoms with van der Waals surface area (Å²) >= 11 is 0. The van der Waals surface area contributed by atoms with Crippen LogP contribution in [0.25, 0.3) is 0 Å². The van der Waals surface area contributed by atoms with Crippen molar-refractivity contribution in [3.05, 3.63) is 30.1 Å². The van der Waals surface area contributed by atoms with E-state index in [1.165, 1.54) is 31.2 Å². The zero-order chi connectivity index (χ0) is 10.5. The predicted molar refractivity (Wildman–Crippen MR) is 62.6 cm³/mol. The Balaban J connectivity index is 1.65. The number of hydrogen-bond acceptors (Lipinski definition) is 2. The minimum Gasteiger partial charge on any atom is -0.310 e. The topological polar surface area (TPSA) is 24.9 Å². The van der Waals surface area contributed by atoms with Crippen LogP contribution in [-0.4, -0.2) is 11.5 Å². The van der Waals surface area contributed by atoms with Gasteiger partial charge in [0.15, 0.2) is 0 Å². The molecule has 2 nitrogen and oxygen atoms in total. The molecule has 1 aliphatic carbocycles. The van der Waals surface area contributed by atoms with E-state index in [0.29, 0.717) is 6.04 Å². The fourth-order valence-corrected chi connectivity index (χ4v) is 1.89. The minimum atomic E-state index is 0.451. The van der Waals surface area contributed by atoms with Crippen molar-refractivity contribution in [1.82, 2.24) is 10.3 Å². The Bertz CT molecular complexity index is 280. The second-order valence-corrected chi connectivity index (χ2v) is 4.54. The van der Waals surface area contributed by atoms with Crippen LogP contribution in [0, 0.1) is 5.92 Å². The van der Waals surface area contributed by atoms with Crippen molar-refractivity contribution < 1.29 is 0 Å². The molecule has 1 aromatic rings. The molecule has 82 valence electrons. The summed E-state index contributed by atoms with van der Waals surface area (Å²) in [6, 6.07) is 4.61. The highest BCUT2D eigenvalue weighted by atomic mass is 14.9. The van der Waals surface area contributed by atoms with E-state index in [2.05, 4.69) is 29.4 Å². The summed E-state index contributed by atoms with van der Waals surface area (Å²) in [5.74, 6) is 1.06. The zero-order valence-electron chi connectivity index (χ0n) is 9.45. The van der Waals surface area contributed by atoms with Crippen molar-refractivity contribution >= 4 is 0 Å². The highest BCUT2D eigenvalue weighted by molar-refractivity contribution is 5.13. The fraction of sp³-hybridized carbons (Fsp3) is 0.615. The van der Waals surface area contributed by atoms with Gasteiger partial charge in [0.05, 0.1) is 0 Å². The molecule has 1 unspecified atom stereocenters. The van der Waals surface area contributed by atoms with Gasteiger partial charge in [-0.1, -0.05) is 12.8 Å². The molecule has 2 heteroatoms. The van der Waals surface area contributed by atoms with E-state index in [9.17, 15) is 0 Å². The smallest absolute Gasteiger partial charge is 0.0292 e. The van der Waals surface area contributed by atoms with Gasteiger partial charge in [-0.05, 0) is 49.9 Å². The Labute approximate surface area is 92.1 Å². The van der Waals surface area contributed by atoms with E-state index in [-0.39, 0.29) is 0 Å². The molecule has 1 atom stereocenters. The minimum absolute atomic E-state index is 0.451. The molecule has 1 saturated carbocycles. The lowest BCUT2D eigenvalue weighted by Crippen LogP contribution is -2.19. The number of hydrogen-bond donors (Lipinski definition) is 1. The standard InChI is InChI=1S/C13H20N2/c1-11(13-6-9-14-10-7-13)15-8-2-3-12-4-5-12/h6-7,9-12,15H,2-5,8H2,1H3. The van der Waals surface area contributed by atoms with E-state index in [1.54, 1.807) is 0 Å². The Hall–Kier alpha value is -0.890. The maximum absolute atomic E-state index is 4.03. The van der Waals surface area contributed by atoms with Crippen LogP contribution < -0.4 is 5.32 Å². The van der Waals surface area contributed by atoms with E-state index in [1.807, 2.05) is 12.4 Å². The van der Waals surface area contributed by atoms with Gasteiger partial charge in [-0.3, -0.25) is 4.98 Å². The number of nitrogens with zero attached hydrogens (tertiary/aromatic N) is 1. The summed E-state index contributed by atoms with van der Waals surface area (Å²) < 4.78 is 0. The third-order valence-corrected chi connectivity index (χ3v) is 3.14. The third-order valence-electron chi connectivity index (χ3n) is 3.14. The monoisotopic (exact) mass is 204 g/mol. The second-order valence-electron chi connectivity index (χ2n) is 4.54. The predicted octanol–water partition coefficient (Wildman–Crippen LogP) is 2.92. The molecule has 0 aliphatic heterocycles. The first-order valence-electron chi connectivity index (χ1n) is 5.99. The Morgan fingerprint density at radius 2 is 2.13 bits per heavy atom. The molecule has 1 heterocycles. The van der Waals surface area contributed by atoms with Gasteiger partial charge < -0.3 is 5.32 Å². The van der Waals surface area contributed by atoms with Gasteiger partial charge in [-0.15, -0.1) is 0 Å². The third kappa shape index (κ3) is 3.63. The molecule has 2 rings (SSSR count). The molecule has 1 N–H and O–H groups in total. The molecule has 0 aromatic carbocycles. The van der Waals surface area contributed by atoms with Crippen LogP contribution in [0.1, 0.15) is 44.2 Å². The first kappa shape index (κ1) is 10.6. The lowest BCUT2D eigenvalue weighted by Gasteiger charge is -2.13. The first-order chi connectivity index (χ1) is 7.36. The van der Waals surface area contributed by atoms with Gasteiger partial charge in [0.2, 0.25) is 0 Å². The van der Waals surface area contributed by atoms with Crippen LogP contribution >= 0.6 is 0 Å². The maximum atomic E-state index is 4.03. The Kier molecular flexibility index (Phi) is 3.73. The molecular weight excluding hydrogens is 184 g/mol. The average molecular weight is 204 g/mol. The van der Waals surface area contributed by atoms with E-state index < -0.39 is 0 Å². The van der Waals surface area contributed by atoms with Gasteiger partial charge in [0, 0.05) is 18.4 Å². The molecule has 0 spiro atoms. The maximum Gasteiger partial charge on any atom is 0.0292 e. The second kappa shape index (κ2) is 5.26. The zero-order valence-corrected chi connectivity index (χ0v) is 9.45. The molecule has 0 bridgehead atoms. The van der Waals surface area contributed by atoms with Gasteiger partial charge in [-0.25, -0.2) is 0 Å². The van der Waals surface area contributed by atoms with Crippen LogP contribution in [0.15, 0.2) is 24.5 Å². The lowest BCUT2D eigenvalue weighted by molar-refractivity contribution is 0.533. The fourth-order valence-electron chi connectivity index (χ4n) is 1.89. The summed E-state index contributed by atoms with van der Waals surface area (Å²) in [4.78, 5) is 4.03. The van der Waals surface area contributed by atoms with Crippen LogP contribution in [0.5, 0.6) is 0 Å². The van der Waals surface area contributed by atoms with Crippen molar-refractivity contribution in [3.63, 3.8) is 0 Å². The van der Waals surface area contributed by atoms with Crippen molar-refractivity contribution in [1.29, 1.82) is 0 Å². The molecule has 15 heavy (non-hydrogen) atoms. The van der Waals surface area contributed by atoms with Crippen molar-refractivity contribution in [2.45, 2.75) is 38.6 Å². The lowest BCUT2D eigenvalue weighted by atomic mass is 10.1. The quantitative estimate of drug-likeness (QED) is 0.721. The van der Waals surface area contributed by atoms with Gasteiger partial charge in [0.25, 0.3) is 0 Å². The largest absolute Gasteiger partial charge is 0.310 e. The summed E-state index contributed by atoms with van der Waals surface area (Å²) in [6.45, 7) is 3.35. The van der Waals surface area contributed by atoms with Crippen molar-refractivity contribution in [3.8, 4) is 0 Å². The average Bonchev–Trinajstić information content (AvgIpc) is 3.09. The molecule has 0 amide bonds. The molecule has 0 saturated heterocycles. The Morgan fingerprint density at radius 3 is 2.80 bits per heavy atom. The molecular formula is C13H20N2. The van der Waals surface area contributed by atoms with Crippen LogP contribution in [0.4, 0.5) is 0 Å². The van der Waals surface area contributed by atoms with Gasteiger partial charge in [0.1, 0.15) is 0 Å². The normalized spacial score (nSPS) is 17.7. The first-order valence-corrected chi connectivity index (χ1v) is 5.99. The molecule has 1 aromatic heterocycles. The van der Waals surface area contributed by atoms with E-state index in [0.717, 1.165) is 12.5 Å². The van der Waals surface area contributed by atoms with Crippen LogP contribution in [0.2, 0.25) is 0 Å². The van der Waals surface area contributed by atoms with Crippen molar-refractivity contribution in [2.24, 2.45) is 5.92 Å². The number of rotatable bonds is 6. The number of pyridine rings is 1. The molecule has 0 radical (unpaired) electrons. The summed E-state index contributed by atoms with van der Waals surface area (Å²) in [5, 5.41) is 3.55. The summed E-state index contributed by atoms with van der Waals surface area (Å²) in [5.41, 5.74) is 1.33. The van der Waals surface area contributed by atoms with Crippen molar-refractivity contribution in [2.75, 3.05) is 6.54 Å². The number of aromatic nitrogens is 1. The molecule has 1 aliphatic rings. The summed E-state index contributed by atoms with van der Waals surface area (Å²) in [7, 11) is 0. The molecule has 1 fully saturated rings. The number of nitrogens with one attached hydrogen (secondary N) is 1. The SMILES string of the molecule is CC(NCCCC1CC1)c1ccncc1. The van der Waals surface area contributed by atoms with Gasteiger partial charge in [-0.2, -0.15) is 0 Å². The van der Waals surface area contributed by atoms with E-state index in [4.69, 9.17) is 0 Å². The highest BCUT2D eigenvalue weighted by Gasteiger charge is 2.20. The van der Waals surface area contributed by atoms with E-state index >= 15 is 0 Å².